The normalized spacial score (nSPS) is 20.2. The predicted octanol–water partition coefficient (Wildman–Crippen LogP) is 1.58. The van der Waals surface area contributed by atoms with E-state index in [9.17, 15) is 0 Å². The molecule has 0 saturated heterocycles. The van der Waals surface area contributed by atoms with Gasteiger partial charge in [-0.05, 0) is 25.2 Å². The Morgan fingerprint density at radius 3 is 2.87 bits per heavy atom. The predicted molar refractivity (Wildman–Crippen MR) is 54.0 cm³/mol. The maximum Gasteiger partial charge on any atom is 0.243 e. The Labute approximate surface area is 89.0 Å². The highest BCUT2D eigenvalue weighted by molar-refractivity contribution is 4.99. The van der Waals surface area contributed by atoms with Gasteiger partial charge in [0.15, 0.2) is 0 Å². The van der Waals surface area contributed by atoms with Gasteiger partial charge in [-0.15, -0.1) is 0 Å². The molecule has 2 rings (SSSR count). The summed E-state index contributed by atoms with van der Waals surface area (Å²) in [5.41, 5.74) is 5.80. The molecule has 0 spiro atoms. The van der Waals surface area contributed by atoms with Crippen LogP contribution >= 0.6 is 0 Å². The van der Waals surface area contributed by atoms with Crippen LogP contribution in [-0.2, 0) is 4.74 Å². The molecule has 1 aliphatic carbocycles. The molecule has 0 bridgehead atoms. The fourth-order valence-electron chi connectivity index (χ4n) is 1.60. The number of rotatable bonds is 5. The van der Waals surface area contributed by atoms with Gasteiger partial charge >= 0.3 is 0 Å². The summed E-state index contributed by atoms with van der Waals surface area (Å²) in [4.78, 5) is 4.29. The monoisotopic (exact) mass is 211 g/mol. The number of aromatic nitrogens is 2. The van der Waals surface area contributed by atoms with E-state index in [1.807, 2.05) is 6.92 Å². The van der Waals surface area contributed by atoms with Crippen molar-refractivity contribution >= 4 is 0 Å². The Balaban J connectivity index is 2.10. The van der Waals surface area contributed by atoms with E-state index in [0.29, 0.717) is 17.6 Å². The Kier molecular flexibility index (Phi) is 3.02. The zero-order valence-electron chi connectivity index (χ0n) is 9.14. The molecule has 1 aromatic rings. The van der Waals surface area contributed by atoms with E-state index in [4.69, 9.17) is 15.0 Å². The molecule has 0 aliphatic heterocycles. The minimum atomic E-state index is -0.164. The zero-order valence-corrected chi connectivity index (χ0v) is 9.14. The molecule has 5 nitrogen and oxygen atoms in total. The molecule has 0 aromatic carbocycles. The lowest BCUT2D eigenvalue weighted by Gasteiger charge is -2.08. The highest BCUT2D eigenvalue weighted by atomic mass is 16.5. The van der Waals surface area contributed by atoms with E-state index >= 15 is 0 Å². The highest BCUT2D eigenvalue weighted by Gasteiger charge is 2.35. The first-order chi connectivity index (χ1) is 7.26. The van der Waals surface area contributed by atoms with Crippen LogP contribution < -0.4 is 5.73 Å². The van der Waals surface area contributed by atoms with Crippen molar-refractivity contribution in [3.63, 3.8) is 0 Å². The summed E-state index contributed by atoms with van der Waals surface area (Å²) in [7, 11) is 1.68. The lowest BCUT2D eigenvalue weighted by molar-refractivity contribution is 0.0751. The van der Waals surface area contributed by atoms with Gasteiger partial charge in [0.1, 0.15) is 6.10 Å². The molecule has 2 N–H and O–H groups in total. The molecule has 1 aromatic heterocycles. The Bertz CT molecular complexity index is 322. The second-order valence-electron chi connectivity index (χ2n) is 4.00. The van der Waals surface area contributed by atoms with Crippen molar-refractivity contribution in [3.8, 4) is 0 Å². The van der Waals surface area contributed by atoms with Gasteiger partial charge in [0.25, 0.3) is 0 Å². The number of hydrogen-bond donors (Lipinski definition) is 1. The number of ether oxygens (including phenoxy) is 1. The summed E-state index contributed by atoms with van der Waals surface area (Å²) in [6.07, 6.45) is 3.14. The molecule has 2 atom stereocenters. The van der Waals surface area contributed by atoms with Crippen LogP contribution in [0.15, 0.2) is 4.52 Å². The van der Waals surface area contributed by atoms with Crippen LogP contribution in [-0.4, -0.2) is 17.3 Å². The summed E-state index contributed by atoms with van der Waals surface area (Å²) in [5.74, 6) is 1.70. The standard InChI is InChI=1S/C10H17N3O2/c1-3-7(11)10-12-9(13-15-10)8(14-2)6-4-5-6/h6-8H,3-5,11H2,1-2H3/t7-,8?/m1/s1. The zero-order chi connectivity index (χ0) is 10.8. The van der Waals surface area contributed by atoms with Crippen molar-refractivity contribution < 1.29 is 9.26 Å². The van der Waals surface area contributed by atoms with Crippen LogP contribution in [0.1, 0.15) is 50.0 Å². The van der Waals surface area contributed by atoms with Crippen LogP contribution in [0.4, 0.5) is 0 Å². The van der Waals surface area contributed by atoms with E-state index in [0.717, 1.165) is 6.42 Å². The molecule has 1 saturated carbocycles. The van der Waals surface area contributed by atoms with Gasteiger partial charge in [0.2, 0.25) is 11.7 Å². The van der Waals surface area contributed by atoms with Gasteiger partial charge in [-0.2, -0.15) is 4.98 Å². The van der Waals surface area contributed by atoms with Crippen molar-refractivity contribution in [2.45, 2.75) is 38.3 Å². The average Bonchev–Trinajstić information content (AvgIpc) is 2.96. The summed E-state index contributed by atoms with van der Waals surface area (Å²) in [5, 5.41) is 3.93. The Morgan fingerprint density at radius 1 is 1.60 bits per heavy atom. The molecule has 5 heteroatoms. The fourth-order valence-corrected chi connectivity index (χ4v) is 1.60. The molecule has 1 fully saturated rings. The van der Waals surface area contributed by atoms with Crippen LogP contribution in [0.25, 0.3) is 0 Å². The van der Waals surface area contributed by atoms with Crippen molar-refractivity contribution in [2.24, 2.45) is 11.7 Å². The smallest absolute Gasteiger partial charge is 0.243 e. The third-order valence-electron chi connectivity index (χ3n) is 2.77. The van der Waals surface area contributed by atoms with Gasteiger partial charge in [0, 0.05) is 7.11 Å². The number of nitrogens with zero attached hydrogens (tertiary/aromatic N) is 2. The number of hydrogen-bond acceptors (Lipinski definition) is 5. The van der Waals surface area contributed by atoms with E-state index in [-0.39, 0.29) is 12.1 Å². The molecule has 1 aliphatic rings. The summed E-state index contributed by atoms with van der Waals surface area (Å²) >= 11 is 0. The minimum absolute atomic E-state index is 0.0217. The maximum absolute atomic E-state index is 5.80. The quantitative estimate of drug-likeness (QED) is 0.800. The SMILES string of the molecule is CC[C@@H](N)c1nc(C(OC)C2CC2)no1. The third-order valence-corrected chi connectivity index (χ3v) is 2.77. The molecular weight excluding hydrogens is 194 g/mol. The minimum Gasteiger partial charge on any atom is -0.373 e. The first kappa shape index (κ1) is 10.6. The maximum atomic E-state index is 5.80. The van der Waals surface area contributed by atoms with Gasteiger partial charge in [-0.3, -0.25) is 0 Å². The third kappa shape index (κ3) is 2.18. The van der Waals surface area contributed by atoms with E-state index < -0.39 is 0 Å². The lowest BCUT2D eigenvalue weighted by atomic mass is 10.2. The van der Waals surface area contributed by atoms with Crippen molar-refractivity contribution in [1.82, 2.24) is 10.1 Å². The molecule has 1 heterocycles. The van der Waals surface area contributed by atoms with Crippen LogP contribution in [0.2, 0.25) is 0 Å². The van der Waals surface area contributed by atoms with E-state index in [1.54, 1.807) is 7.11 Å². The van der Waals surface area contributed by atoms with E-state index in [2.05, 4.69) is 10.1 Å². The first-order valence-corrected chi connectivity index (χ1v) is 5.38. The topological polar surface area (TPSA) is 74.2 Å². The fraction of sp³-hybridized carbons (Fsp3) is 0.800. The van der Waals surface area contributed by atoms with Gasteiger partial charge in [0.05, 0.1) is 6.04 Å². The van der Waals surface area contributed by atoms with Crippen LogP contribution in [0.3, 0.4) is 0 Å². The summed E-state index contributed by atoms with van der Waals surface area (Å²) in [6.45, 7) is 1.99. The van der Waals surface area contributed by atoms with E-state index in [1.165, 1.54) is 12.8 Å². The molecule has 84 valence electrons. The molecule has 0 radical (unpaired) electrons. The van der Waals surface area contributed by atoms with Gasteiger partial charge in [-0.25, -0.2) is 0 Å². The number of nitrogens with two attached hydrogens (primary N) is 1. The summed E-state index contributed by atoms with van der Waals surface area (Å²) < 4.78 is 10.5. The van der Waals surface area contributed by atoms with Gasteiger partial charge < -0.3 is 15.0 Å². The Hall–Kier alpha value is -0.940. The molecular formula is C10H17N3O2. The number of methoxy groups -OCH3 is 1. The summed E-state index contributed by atoms with van der Waals surface area (Å²) in [6, 6.07) is -0.164. The average molecular weight is 211 g/mol. The molecule has 15 heavy (non-hydrogen) atoms. The van der Waals surface area contributed by atoms with Crippen molar-refractivity contribution in [2.75, 3.05) is 7.11 Å². The van der Waals surface area contributed by atoms with Crippen LogP contribution in [0, 0.1) is 5.92 Å². The second kappa shape index (κ2) is 4.28. The molecule has 0 amide bonds. The van der Waals surface area contributed by atoms with Crippen molar-refractivity contribution in [1.29, 1.82) is 0 Å². The second-order valence-corrected chi connectivity index (χ2v) is 4.00. The van der Waals surface area contributed by atoms with Crippen molar-refractivity contribution in [3.05, 3.63) is 11.7 Å². The Morgan fingerprint density at radius 2 is 2.33 bits per heavy atom. The lowest BCUT2D eigenvalue weighted by Crippen LogP contribution is -2.10. The highest BCUT2D eigenvalue weighted by Crippen LogP contribution is 2.42. The first-order valence-electron chi connectivity index (χ1n) is 5.38. The largest absolute Gasteiger partial charge is 0.373 e. The van der Waals surface area contributed by atoms with Gasteiger partial charge in [-0.1, -0.05) is 12.1 Å². The molecule has 1 unspecified atom stereocenters. The van der Waals surface area contributed by atoms with Crippen LogP contribution in [0.5, 0.6) is 0 Å².